The van der Waals surface area contributed by atoms with Crippen LogP contribution in [0.25, 0.3) is 15.7 Å². The molecule has 1 unspecified atom stereocenters. The number of amides is 1. The standard InChI is InChI=1S/C18H15FN4OS2/c1-2-15(17(24)21-12-5-3-11(19)4-6-12)26-18-14-9-16-13(7-8-25-16)23(14)10-20-22-18/h3-10,15H,2H2,1H3,(H,21,24). The van der Waals surface area contributed by atoms with Crippen LogP contribution in [-0.2, 0) is 4.79 Å². The molecule has 8 heteroatoms. The number of thioether (sulfide) groups is 1. The van der Waals surface area contributed by atoms with Crippen LogP contribution in [0.1, 0.15) is 13.3 Å². The van der Waals surface area contributed by atoms with Crippen LogP contribution in [0.2, 0.25) is 0 Å². The van der Waals surface area contributed by atoms with E-state index >= 15 is 0 Å². The van der Waals surface area contributed by atoms with Gasteiger partial charge in [0.2, 0.25) is 5.91 Å². The summed E-state index contributed by atoms with van der Waals surface area (Å²) < 4.78 is 16.2. The molecule has 0 spiro atoms. The molecule has 0 saturated carbocycles. The molecule has 0 saturated heterocycles. The van der Waals surface area contributed by atoms with Gasteiger partial charge in [0.15, 0.2) is 0 Å². The Morgan fingerprint density at radius 3 is 2.88 bits per heavy atom. The van der Waals surface area contributed by atoms with E-state index in [9.17, 15) is 9.18 Å². The van der Waals surface area contributed by atoms with E-state index in [2.05, 4.69) is 21.6 Å². The molecule has 4 rings (SSSR count). The van der Waals surface area contributed by atoms with Crippen molar-refractivity contribution in [3.05, 3.63) is 53.9 Å². The molecule has 1 N–H and O–H groups in total. The predicted molar refractivity (Wildman–Crippen MR) is 103 cm³/mol. The Bertz CT molecular complexity index is 1070. The third kappa shape index (κ3) is 3.17. The number of nitrogens with zero attached hydrogens (tertiary/aromatic N) is 3. The number of thiophene rings is 1. The molecule has 1 amide bonds. The lowest BCUT2D eigenvalue weighted by atomic mass is 10.2. The van der Waals surface area contributed by atoms with Crippen molar-refractivity contribution in [3.63, 3.8) is 0 Å². The molecule has 0 fully saturated rings. The highest BCUT2D eigenvalue weighted by Gasteiger charge is 2.21. The van der Waals surface area contributed by atoms with Gasteiger partial charge in [-0.05, 0) is 48.2 Å². The van der Waals surface area contributed by atoms with Gasteiger partial charge in [-0.2, -0.15) is 0 Å². The largest absolute Gasteiger partial charge is 0.325 e. The third-order valence-electron chi connectivity index (χ3n) is 4.02. The Morgan fingerprint density at radius 1 is 1.31 bits per heavy atom. The quantitative estimate of drug-likeness (QED) is 0.510. The van der Waals surface area contributed by atoms with Gasteiger partial charge in [-0.15, -0.1) is 21.5 Å². The van der Waals surface area contributed by atoms with Crippen LogP contribution in [0.4, 0.5) is 10.1 Å². The first kappa shape index (κ1) is 17.0. The maximum Gasteiger partial charge on any atom is 0.237 e. The van der Waals surface area contributed by atoms with Crippen LogP contribution in [0.5, 0.6) is 0 Å². The maximum absolute atomic E-state index is 13.0. The average Bonchev–Trinajstić information content (AvgIpc) is 3.23. The lowest BCUT2D eigenvalue weighted by Gasteiger charge is -2.14. The second kappa shape index (κ2) is 7.05. The molecule has 3 heterocycles. The van der Waals surface area contributed by atoms with E-state index in [1.807, 2.05) is 22.8 Å². The summed E-state index contributed by atoms with van der Waals surface area (Å²) in [6.45, 7) is 1.95. The van der Waals surface area contributed by atoms with Gasteiger partial charge >= 0.3 is 0 Å². The third-order valence-corrected chi connectivity index (χ3v) is 6.22. The van der Waals surface area contributed by atoms with E-state index in [1.54, 1.807) is 29.8 Å². The topological polar surface area (TPSA) is 59.3 Å². The minimum atomic E-state index is -0.334. The summed E-state index contributed by atoms with van der Waals surface area (Å²) in [5.41, 5.74) is 2.60. The Hall–Kier alpha value is -2.45. The Morgan fingerprint density at radius 2 is 2.12 bits per heavy atom. The second-order valence-electron chi connectivity index (χ2n) is 5.72. The molecule has 0 bridgehead atoms. The van der Waals surface area contributed by atoms with Crippen molar-refractivity contribution < 1.29 is 9.18 Å². The van der Waals surface area contributed by atoms with Gasteiger partial charge < -0.3 is 5.32 Å². The molecule has 1 aromatic carbocycles. The number of benzene rings is 1. The summed E-state index contributed by atoms with van der Waals surface area (Å²) in [7, 11) is 0. The van der Waals surface area contributed by atoms with Crippen LogP contribution in [0, 0.1) is 5.82 Å². The van der Waals surface area contributed by atoms with Gasteiger partial charge in [-0.3, -0.25) is 9.20 Å². The number of carbonyl (C=O) groups is 1. The first-order chi connectivity index (χ1) is 12.7. The van der Waals surface area contributed by atoms with Crippen molar-refractivity contribution in [2.45, 2.75) is 23.6 Å². The molecule has 132 valence electrons. The molecule has 5 nitrogen and oxygen atoms in total. The van der Waals surface area contributed by atoms with Gasteiger partial charge in [-0.1, -0.05) is 18.7 Å². The number of carbonyl (C=O) groups excluding carboxylic acids is 1. The molecule has 26 heavy (non-hydrogen) atoms. The summed E-state index contributed by atoms with van der Waals surface area (Å²) >= 11 is 3.05. The SMILES string of the molecule is CCC(Sc1nncn2c1cc1sccc12)C(=O)Nc1ccc(F)cc1. The number of fused-ring (bicyclic) bond motifs is 3. The number of hydrogen-bond donors (Lipinski definition) is 1. The van der Waals surface area contributed by atoms with E-state index in [-0.39, 0.29) is 17.0 Å². The minimum absolute atomic E-state index is 0.138. The van der Waals surface area contributed by atoms with E-state index in [4.69, 9.17) is 0 Å². The van der Waals surface area contributed by atoms with Crippen molar-refractivity contribution in [1.82, 2.24) is 14.6 Å². The first-order valence-electron chi connectivity index (χ1n) is 8.08. The maximum atomic E-state index is 13.0. The molecule has 0 radical (unpaired) electrons. The fraction of sp³-hybridized carbons (Fsp3) is 0.167. The highest BCUT2D eigenvalue weighted by Crippen LogP contribution is 2.32. The summed E-state index contributed by atoms with van der Waals surface area (Å²) in [5.74, 6) is -0.471. The number of aromatic nitrogens is 3. The van der Waals surface area contributed by atoms with Crippen LogP contribution in [-0.4, -0.2) is 25.8 Å². The minimum Gasteiger partial charge on any atom is -0.325 e. The monoisotopic (exact) mass is 386 g/mol. The number of anilines is 1. The smallest absolute Gasteiger partial charge is 0.237 e. The summed E-state index contributed by atoms with van der Waals surface area (Å²) in [4.78, 5) is 12.6. The lowest BCUT2D eigenvalue weighted by molar-refractivity contribution is -0.115. The molecule has 0 aliphatic carbocycles. The Balaban J connectivity index is 1.58. The zero-order valence-electron chi connectivity index (χ0n) is 13.8. The normalized spacial score (nSPS) is 12.5. The molecule has 1 atom stereocenters. The van der Waals surface area contributed by atoms with Crippen molar-refractivity contribution in [1.29, 1.82) is 0 Å². The van der Waals surface area contributed by atoms with Crippen molar-refractivity contribution >= 4 is 50.4 Å². The van der Waals surface area contributed by atoms with Crippen molar-refractivity contribution in [2.24, 2.45) is 0 Å². The molecule has 3 aromatic heterocycles. The van der Waals surface area contributed by atoms with Crippen molar-refractivity contribution in [3.8, 4) is 0 Å². The van der Waals surface area contributed by atoms with Gasteiger partial charge in [-0.25, -0.2) is 4.39 Å². The lowest BCUT2D eigenvalue weighted by Crippen LogP contribution is -2.24. The van der Waals surface area contributed by atoms with Crippen LogP contribution in [0.15, 0.2) is 53.1 Å². The fourth-order valence-electron chi connectivity index (χ4n) is 2.71. The second-order valence-corrected chi connectivity index (χ2v) is 7.86. The Labute approximate surface area is 157 Å². The number of halogens is 1. The van der Waals surface area contributed by atoms with Crippen LogP contribution in [0.3, 0.4) is 0 Å². The van der Waals surface area contributed by atoms with Gasteiger partial charge in [0.05, 0.1) is 21.0 Å². The summed E-state index contributed by atoms with van der Waals surface area (Å²) in [6.07, 6.45) is 2.32. The van der Waals surface area contributed by atoms with Crippen LogP contribution < -0.4 is 5.32 Å². The number of hydrogen-bond acceptors (Lipinski definition) is 5. The highest BCUT2D eigenvalue weighted by molar-refractivity contribution is 8.00. The zero-order valence-corrected chi connectivity index (χ0v) is 15.5. The van der Waals surface area contributed by atoms with Gasteiger partial charge in [0.1, 0.15) is 17.2 Å². The molecular formula is C18H15FN4OS2. The van der Waals surface area contributed by atoms with Crippen molar-refractivity contribution in [2.75, 3.05) is 5.32 Å². The zero-order chi connectivity index (χ0) is 18.1. The molecule has 0 aliphatic rings. The molecular weight excluding hydrogens is 371 g/mol. The average molecular weight is 386 g/mol. The first-order valence-corrected chi connectivity index (χ1v) is 9.84. The number of rotatable bonds is 5. The predicted octanol–water partition coefficient (Wildman–Crippen LogP) is 4.59. The summed E-state index contributed by atoms with van der Waals surface area (Å²) in [6, 6.07) is 9.86. The Kier molecular flexibility index (Phi) is 4.60. The molecule has 4 aromatic rings. The number of nitrogens with one attached hydrogen (secondary N) is 1. The summed E-state index contributed by atoms with van der Waals surface area (Å²) in [5, 5.41) is 13.6. The van der Waals surface area contributed by atoms with E-state index in [1.165, 1.54) is 23.9 Å². The van der Waals surface area contributed by atoms with Crippen LogP contribution >= 0.6 is 23.1 Å². The fourth-order valence-corrected chi connectivity index (χ4v) is 4.50. The van der Waals surface area contributed by atoms with E-state index in [0.29, 0.717) is 12.1 Å². The van der Waals surface area contributed by atoms with E-state index < -0.39 is 0 Å². The highest BCUT2D eigenvalue weighted by atomic mass is 32.2. The molecule has 0 aliphatic heterocycles. The van der Waals surface area contributed by atoms with Gasteiger partial charge in [0.25, 0.3) is 0 Å². The van der Waals surface area contributed by atoms with Gasteiger partial charge in [0, 0.05) is 5.69 Å². The van der Waals surface area contributed by atoms with E-state index in [0.717, 1.165) is 20.8 Å².